The molecule has 7 heteroatoms. The number of furan rings is 2. The molecule has 14 aromatic rings. The Morgan fingerprint density at radius 3 is 1.62 bits per heavy atom. The van der Waals surface area contributed by atoms with E-state index in [1.807, 2.05) is 72.0 Å². The maximum atomic E-state index is 6.39. The van der Waals surface area contributed by atoms with Crippen LogP contribution in [0.5, 0.6) is 0 Å². The Bertz CT molecular complexity index is 4080. The minimum Gasteiger partial charge on any atom is -0.456 e. The van der Waals surface area contributed by atoms with Crippen LogP contribution >= 0.6 is 11.3 Å². The van der Waals surface area contributed by atoms with Crippen molar-refractivity contribution in [3.8, 4) is 51.0 Å². The van der Waals surface area contributed by atoms with Crippen molar-refractivity contribution >= 4 is 97.2 Å². The summed E-state index contributed by atoms with van der Waals surface area (Å²) in [6, 6.07) is 67.8. The summed E-state index contributed by atoms with van der Waals surface area (Å²) in [5.74, 6) is 1.66. The molecule has 6 nitrogen and oxygen atoms in total. The number of nitrogens with zero attached hydrogens (tertiary/aromatic N) is 4. The van der Waals surface area contributed by atoms with Gasteiger partial charge in [0.2, 0.25) is 0 Å². The highest BCUT2D eigenvalue weighted by molar-refractivity contribution is 7.26. The average molecular weight is 837 g/mol. The zero-order valence-electron chi connectivity index (χ0n) is 34.0. The molecule has 0 N–H and O–H groups in total. The van der Waals surface area contributed by atoms with E-state index in [0.717, 1.165) is 88.4 Å². The van der Waals surface area contributed by atoms with E-state index in [0.29, 0.717) is 17.5 Å². The largest absolute Gasteiger partial charge is 0.456 e. The van der Waals surface area contributed by atoms with Crippen LogP contribution < -0.4 is 0 Å². The second kappa shape index (κ2) is 13.6. The molecule has 14 rings (SSSR count). The van der Waals surface area contributed by atoms with Gasteiger partial charge in [-0.2, -0.15) is 0 Å². The Morgan fingerprint density at radius 2 is 0.922 bits per heavy atom. The topological polar surface area (TPSA) is 69.9 Å². The van der Waals surface area contributed by atoms with Gasteiger partial charge in [0, 0.05) is 74.9 Å². The van der Waals surface area contributed by atoms with Crippen molar-refractivity contribution in [2.75, 3.05) is 0 Å². The van der Waals surface area contributed by atoms with E-state index in [4.69, 9.17) is 23.8 Å². The summed E-state index contributed by atoms with van der Waals surface area (Å²) in [5, 5.41) is 8.97. The van der Waals surface area contributed by atoms with Crippen LogP contribution in [0, 0.1) is 0 Å². The van der Waals surface area contributed by atoms with Gasteiger partial charge in [-0.3, -0.25) is 0 Å². The first-order valence-electron chi connectivity index (χ1n) is 21.3. The van der Waals surface area contributed by atoms with Gasteiger partial charge in [-0.15, -0.1) is 11.3 Å². The monoisotopic (exact) mass is 836 g/mol. The highest BCUT2D eigenvalue weighted by Crippen LogP contribution is 2.45. The normalized spacial score (nSPS) is 12.1. The molecule has 0 aliphatic carbocycles. The predicted octanol–water partition coefficient (Wildman–Crippen LogP) is 15.8. The molecular weight excluding hydrogens is 805 g/mol. The van der Waals surface area contributed by atoms with Crippen molar-refractivity contribution in [1.29, 1.82) is 0 Å². The van der Waals surface area contributed by atoms with E-state index >= 15 is 0 Å². The van der Waals surface area contributed by atoms with Crippen molar-refractivity contribution in [2.45, 2.75) is 0 Å². The molecule has 0 aliphatic heterocycles. The van der Waals surface area contributed by atoms with Crippen molar-refractivity contribution < 1.29 is 8.83 Å². The molecule has 9 aromatic carbocycles. The summed E-state index contributed by atoms with van der Waals surface area (Å²) in [7, 11) is 0. The second-order valence-electron chi connectivity index (χ2n) is 16.3. The van der Waals surface area contributed by atoms with Gasteiger partial charge in [0.25, 0.3) is 0 Å². The Morgan fingerprint density at radius 1 is 0.359 bits per heavy atom. The van der Waals surface area contributed by atoms with Crippen LogP contribution in [0.15, 0.2) is 203 Å². The molecule has 0 saturated carbocycles. The van der Waals surface area contributed by atoms with Crippen molar-refractivity contribution in [2.24, 2.45) is 0 Å². The van der Waals surface area contributed by atoms with E-state index in [1.54, 1.807) is 0 Å². The smallest absolute Gasteiger partial charge is 0.164 e. The first-order chi connectivity index (χ1) is 31.7. The van der Waals surface area contributed by atoms with Gasteiger partial charge in [-0.1, -0.05) is 133 Å². The maximum absolute atomic E-state index is 6.39. The van der Waals surface area contributed by atoms with E-state index in [2.05, 4.69) is 138 Å². The Labute approximate surface area is 368 Å². The third kappa shape index (κ3) is 5.22. The minimum absolute atomic E-state index is 0.553. The summed E-state index contributed by atoms with van der Waals surface area (Å²) < 4.78 is 17.8. The SMILES string of the molecule is c1ccc(-c2cc(-c3nc(-c4cccc5oc6ccccc6c45)nc(-c4cccc5oc6ccccc6c45)n3)cc(-n3c4ccccc4c4c5sc6ccccc6c5ccc43)c2)cc1. The third-order valence-electron chi connectivity index (χ3n) is 12.6. The number of aromatic nitrogens is 4. The van der Waals surface area contributed by atoms with Crippen LogP contribution in [0.3, 0.4) is 0 Å². The fraction of sp³-hybridized carbons (Fsp3) is 0. The zero-order valence-corrected chi connectivity index (χ0v) is 34.8. The van der Waals surface area contributed by atoms with E-state index in [-0.39, 0.29) is 0 Å². The summed E-state index contributed by atoms with van der Waals surface area (Å²) in [5.41, 5.74) is 11.2. The van der Waals surface area contributed by atoms with Crippen LogP contribution in [-0.4, -0.2) is 19.5 Å². The Kier molecular flexibility index (Phi) is 7.46. The lowest BCUT2D eigenvalue weighted by atomic mass is 10.0. The first kappa shape index (κ1) is 35.2. The molecule has 64 heavy (non-hydrogen) atoms. The standard InChI is InChI=1S/C57H32N4O2S/c1-2-14-33(15-3-1)34-30-35(32-36(31-34)61-44-22-8-4-17-39(44)53-45(61)29-28-38-37-16-7-11-27-50(37)64-54(38)53)55-58-56(42-20-12-25-48-51(42)40-18-5-9-23-46(40)62-48)60-57(59-55)43-21-13-26-49-52(43)41-19-6-10-24-47(41)63-49/h1-32H. The Balaban J connectivity index is 1.07. The van der Waals surface area contributed by atoms with Gasteiger partial charge in [0.15, 0.2) is 17.5 Å². The molecule has 0 amide bonds. The number of hydrogen-bond donors (Lipinski definition) is 0. The van der Waals surface area contributed by atoms with Crippen LogP contribution in [0.2, 0.25) is 0 Å². The van der Waals surface area contributed by atoms with Crippen molar-refractivity contribution in [1.82, 2.24) is 19.5 Å². The Hall–Kier alpha value is -8.39. The third-order valence-corrected chi connectivity index (χ3v) is 13.8. The lowest BCUT2D eigenvalue weighted by Gasteiger charge is -2.15. The lowest BCUT2D eigenvalue weighted by molar-refractivity contribution is 0.668. The fourth-order valence-corrected chi connectivity index (χ4v) is 11.1. The average Bonchev–Trinajstić information content (AvgIpc) is 4.13. The first-order valence-corrected chi connectivity index (χ1v) is 22.2. The number of rotatable bonds is 5. The molecule has 298 valence electrons. The predicted molar refractivity (Wildman–Crippen MR) is 263 cm³/mol. The molecular formula is C57H32N4O2S. The van der Waals surface area contributed by atoms with Crippen LogP contribution in [0.4, 0.5) is 0 Å². The molecule has 0 saturated heterocycles. The molecule has 5 aromatic heterocycles. The van der Waals surface area contributed by atoms with Crippen molar-refractivity contribution in [3.63, 3.8) is 0 Å². The molecule has 0 fully saturated rings. The number of hydrogen-bond acceptors (Lipinski definition) is 6. The minimum atomic E-state index is 0.553. The van der Waals surface area contributed by atoms with Gasteiger partial charge < -0.3 is 13.4 Å². The summed E-state index contributed by atoms with van der Waals surface area (Å²) in [6.45, 7) is 0. The zero-order chi connectivity index (χ0) is 41.9. The molecule has 0 aliphatic rings. The molecule has 5 heterocycles. The highest BCUT2D eigenvalue weighted by Gasteiger charge is 2.23. The summed E-state index contributed by atoms with van der Waals surface area (Å²) in [6.07, 6.45) is 0. The quantitative estimate of drug-likeness (QED) is 0.173. The van der Waals surface area contributed by atoms with Gasteiger partial charge in [0.05, 0.1) is 11.0 Å². The molecule has 0 unspecified atom stereocenters. The maximum Gasteiger partial charge on any atom is 0.164 e. The van der Waals surface area contributed by atoms with Gasteiger partial charge in [0.1, 0.15) is 22.3 Å². The highest BCUT2D eigenvalue weighted by atomic mass is 32.1. The van der Waals surface area contributed by atoms with Gasteiger partial charge >= 0.3 is 0 Å². The van der Waals surface area contributed by atoms with Gasteiger partial charge in [-0.25, -0.2) is 15.0 Å². The number of thiophene rings is 1. The fourth-order valence-electron chi connectivity index (χ4n) is 9.85. The second-order valence-corrected chi connectivity index (χ2v) is 17.3. The molecule has 0 spiro atoms. The van der Waals surface area contributed by atoms with Crippen LogP contribution in [-0.2, 0) is 0 Å². The van der Waals surface area contributed by atoms with Crippen molar-refractivity contribution in [3.05, 3.63) is 194 Å². The molecule has 0 bridgehead atoms. The number of benzene rings is 9. The van der Waals surface area contributed by atoms with Gasteiger partial charge in [-0.05, 0) is 71.8 Å². The lowest BCUT2D eigenvalue weighted by Crippen LogP contribution is -2.02. The van der Waals surface area contributed by atoms with Crippen LogP contribution in [0.25, 0.3) is 137 Å². The van der Waals surface area contributed by atoms with E-state index in [9.17, 15) is 0 Å². The molecule has 0 atom stereocenters. The summed E-state index contributed by atoms with van der Waals surface area (Å²) in [4.78, 5) is 16.2. The van der Waals surface area contributed by atoms with E-state index < -0.39 is 0 Å². The van der Waals surface area contributed by atoms with E-state index in [1.165, 1.54) is 30.9 Å². The number of fused-ring (bicyclic) bond motifs is 13. The van der Waals surface area contributed by atoms with Crippen LogP contribution in [0.1, 0.15) is 0 Å². The number of para-hydroxylation sites is 3. The molecule has 0 radical (unpaired) electrons. The summed E-state index contributed by atoms with van der Waals surface area (Å²) >= 11 is 1.86.